The number of rotatable bonds is 35. The van der Waals surface area contributed by atoms with Gasteiger partial charge in [0, 0.05) is 38.2 Å². The van der Waals surface area contributed by atoms with E-state index >= 15 is 0 Å². The number of carbonyl (C=O) groups is 3. The molecule has 0 spiro atoms. The largest absolute Gasteiger partial charge is 0.466 e. The Balaban J connectivity index is 4.12. The Morgan fingerprint density at radius 2 is 0.979 bits per heavy atom. The maximum Gasteiger partial charge on any atom is 0.306 e. The van der Waals surface area contributed by atoms with Crippen molar-refractivity contribution < 1.29 is 23.9 Å². The molecule has 1 amide bonds. The van der Waals surface area contributed by atoms with Crippen molar-refractivity contribution in [3.63, 3.8) is 0 Å². The van der Waals surface area contributed by atoms with Crippen LogP contribution in [0.1, 0.15) is 155 Å². The maximum absolute atomic E-state index is 13.0. The molecule has 0 aliphatic rings. The lowest BCUT2D eigenvalue weighted by atomic mass is 10.1. The molecule has 0 aliphatic heterocycles. The Morgan fingerprint density at radius 3 is 1.44 bits per heavy atom. The molecule has 0 radical (unpaired) electrons. The van der Waals surface area contributed by atoms with Gasteiger partial charge in [-0.1, -0.05) is 89.5 Å². The second-order valence-corrected chi connectivity index (χ2v) is 14.3. The number of carbonyl (C=O) groups excluding carboxylic acids is 3. The van der Waals surface area contributed by atoms with E-state index in [-0.39, 0.29) is 17.8 Å². The van der Waals surface area contributed by atoms with E-state index in [0.717, 1.165) is 102 Å². The molecule has 0 bridgehead atoms. The molecule has 0 aromatic rings. The van der Waals surface area contributed by atoms with Gasteiger partial charge in [-0.05, 0) is 91.1 Å². The van der Waals surface area contributed by atoms with Crippen LogP contribution >= 0.6 is 11.8 Å². The van der Waals surface area contributed by atoms with Crippen LogP contribution in [0.4, 0.5) is 0 Å². The molecule has 0 unspecified atom stereocenters. The molecule has 8 heteroatoms. The summed E-state index contributed by atoms with van der Waals surface area (Å²) in [7, 11) is 4.11. The van der Waals surface area contributed by atoms with E-state index in [2.05, 4.69) is 57.1 Å². The lowest BCUT2D eigenvalue weighted by Crippen LogP contribution is -2.34. The summed E-state index contributed by atoms with van der Waals surface area (Å²) < 4.78 is 10.8. The number of amides is 1. The van der Waals surface area contributed by atoms with Crippen molar-refractivity contribution in [1.29, 1.82) is 0 Å². The van der Waals surface area contributed by atoms with Crippen molar-refractivity contribution in [2.75, 3.05) is 58.4 Å². The van der Waals surface area contributed by atoms with Crippen molar-refractivity contribution in [3.8, 4) is 0 Å². The minimum absolute atomic E-state index is 0.108. The lowest BCUT2D eigenvalue weighted by Gasteiger charge is -2.23. The summed E-state index contributed by atoms with van der Waals surface area (Å²) in [5, 5.41) is 0. The van der Waals surface area contributed by atoms with Gasteiger partial charge in [0.1, 0.15) is 0 Å². The Bertz CT molecular complexity index is 765. The molecule has 280 valence electrons. The third kappa shape index (κ3) is 34.1. The molecule has 0 fully saturated rings. The second-order valence-electron chi connectivity index (χ2n) is 13.2. The highest BCUT2D eigenvalue weighted by Gasteiger charge is 2.13. The first kappa shape index (κ1) is 46.2. The molecule has 0 rings (SSSR count). The summed E-state index contributed by atoms with van der Waals surface area (Å²) in [4.78, 5) is 41.2. The van der Waals surface area contributed by atoms with E-state index in [9.17, 15) is 14.4 Å². The molecule has 0 N–H and O–H groups in total. The fraction of sp³-hybridized carbons (Fsp3) is 0.825. The summed E-state index contributed by atoms with van der Waals surface area (Å²) >= 11 is 1.71. The molecule has 0 aliphatic carbocycles. The number of allylic oxidation sites excluding steroid dienone is 4. The summed E-state index contributed by atoms with van der Waals surface area (Å²) in [6.07, 6.45) is 31.1. The van der Waals surface area contributed by atoms with Crippen LogP contribution in [0.15, 0.2) is 24.3 Å². The Kier molecular flexibility index (Phi) is 35.1. The zero-order chi connectivity index (χ0) is 35.3. The van der Waals surface area contributed by atoms with Crippen molar-refractivity contribution in [1.82, 2.24) is 9.80 Å². The number of thioether (sulfide) groups is 1. The van der Waals surface area contributed by atoms with Crippen LogP contribution in [-0.4, -0.2) is 86.1 Å². The van der Waals surface area contributed by atoms with Crippen molar-refractivity contribution in [3.05, 3.63) is 24.3 Å². The molecule has 0 aromatic carbocycles. The van der Waals surface area contributed by atoms with E-state index in [1.54, 1.807) is 11.8 Å². The molecule has 0 saturated heterocycles. The van der Waals surface area contributed by atoms with Crippen LogP contribution in [0.3, 0.4) is 0 Å². The molecule has 0 atom stereocenters. The first-order valence-corrected chi connectivity index (χ1v) is 20.7. The van der Waals surface area contributed by atoms with Crippen LogP contribution < -0.4 is 0 Å². The van der Waals surface area contributed by atoms with E-state index in [4.69, 9.17) is 9.47 Å². The van der Waals surface area contributed by atoms with Crippen molar-refractivity contribution in [2.45, 2.75) is 155 Å². The molecule has 0 heterocycles. The van der Waals surface area contributed by atoms with Gasteiger partial charge in [0.2, 0.25) is 5.91 Å². The minimum Gasteiger partial charge on any atom is -0.466 e. The number of ether oxygens (including phenoxy) is 2. The molecular weight excluding hydrogens is 621 g/mol. The highest BCUT2D eigenvalue weighted by Crippen LogP contribution is 2.11. The zero-order valence-electron chi connectivity index (χ0n) is 31.7. The molecule has 48 heavy (non-hydrogen) atoms. The van der Waals surface area contributed by atoms with Gasteiger partial charge in [0.05, 0.1) is 19.0 Å². The maximum atomic E-state index is 13.0. The summed E-state index contributed by atoms with van der Waals surface area (Å²) in [5.41, 5.74) is 0. The van der Waals surface area contributed by atoms with Gasteiger partial charge in [-0.2, -0.15) is 11.8 Å². The van der Waals surface area contributed by atoms with E-state index < -0.39 is 0 Å². The quantitative estimate of drug-likeness (QED) is 0.0371. The minimum atomic E-state index is -0.108. The lowest BCUT2D eigenvalue weighted by molar-refractivity contribution is -0.144. The predicted octanol–water partition coefficient (Wildman–Crippen LogP) is 9.93. The Hall–Kier alpha value is -1.80. The van der Waals surface area contributed by atoms with Gasteiger partial charge in [-0.3, -0.25) is 14.4 Å². The summed E-state index contributed by atoms with van der Waals surface area (Å²) in [6, 6.07) is 0. The van der Waals surface area contributed by atoms with Gasteiger partial charge in [0.15, 0.2) is 0 Å². The number of esters is 2. The fourth-order valence-electron chi connectivity index (χ4n) is 5.14. The first-order chi connectivity index (χ1) is 23.4. The predicted molar refractivity (Wildman–Crippen MR) is 206 cm³/mol. The number of hydrogen-bond donors (Lipinski definition) is 0. The average Bonchev–Trinajstić information content (AvgIpc) is 3.07. The Morgan fingerprint density at radius 1 is 0.542 bits per heavy atom. The normalized spacial score (nSPS) is 11.6. The van der Waals surface area contributed by atoms with Crippen LogP contribution in [0.5, 0.6) is 0 Å². The monoisotopic (exact) mass is 695 g/mol. The van der Waals surface area contributed by atoms with Crippen LogP contribution in [-0.2, 0) is 23.9 Å². The average molecular weight is 695 g/mol. The highest BCUT2D eigenvalue weighted by molar-refractivity contribution is 7.99. The standard InChI is InChI=1S/C40H74N2O5S/c1-5-7-9-11-13-15-17-23-29-39(44)46-34-27-21-19-25-31-42(38(43)37-48-36-33-41(3)4)32-26-20-22-28-35-47-40(45)30-24-18-16-14-12-10-8-6-2/h15-18H,5-14,19-37H2,1-4H3/b17-15-,18-16-. The van der Waals surface area contributed by atoms with Crippen molar-refractivity contribution >= 4 is 29.6 Å². The molecule has 0 saturated carbocycles. The van der Waals surface area contributed by atoms with Gasteiger partial charge in [-0.25, -0.2) is 0 Å². The van der Waals surface area contributed by atoms with Gasteiger partial charge in [-0.15, -0.1) is 0 Å². The third-order valence-corrected chi connectivity index (χ3v) is 9.17. The topological polar surface area (TPSA) is 76.1 Å². The van der Waals surface area contributed by atoms with Gasteiger partial charge >= 0.3 is 11.9 Å². The van der Waals surface area contributed by atoms with Gasteiger partial charge < -0.3 is 19.3 Å². The number of hydrogen-bond acceptors (Lipinski definition) is 7. The third-order valence-electron chi connectivity index (χ3n) is 8.24. The van der Waals surface area contributed by atoms with Crippen molar-refractivity contribution in [2.24, 2.45) is 0 Å². The summed E-state index contributed by atoms with van der Waals surface area (Å²) in [6.45, 7) is 7.94. The number of unbranched alkanes of at least 4 members (excludes halogenated alkanes) is 14. The first-order valence-electron chi connectivity index (χ1n) is 19.5. The molecule has 0 aromatic heterocycles. The van der Waals surface area contributed by atoms with Crippen LogP contribution in [0, 0.1) is 0 Å². The Labute approximate surface area is 300 Å². The SMILES string of the molecule is CCCCCC/C=C\CCC(=O)OCCCCCCN(CCCCCCOC(=O)CC/C=C\CCCCCC)C(=O)CSCCN(C)C. The van der Waals surface area contributed by atoms with E-state index in [1.165, 1.54) is 51.4 Å². The van der Waals surface area contributed by atoms with E-state index in [1.807, 2.05) is 4.90 Å². The van der Waals surface area contributed by atoms with Gasteiger partial charge in [0.25, 0.3) is 0 Å². The fourth-order valence-corrected chi connectivity index (χ4v) is 6.14. The van der Waals surface area contributed by atoms with Crippen LogP contribution in [0.25, 0.3) is 0 Å². The highest BCUT2D eigenvalue weighted by atomic mass is 32.2. The zero-order valence-corrected chi connectivity index (χ0v) is 32.5. The molecular formula is C40H74N2O5S. The van der Waals surface area contributed by atoms with E-state index in [0.29, 0.717) is 31.8 Å². The van der Waals surface area contributed by atoms with Crippen LogP contribution in [0.2, 0.25) is 0 Å². The number of nitrogens with zero attached hydrogens (tertiary/aromatic N) is 2. The molecule has 7 nitrogen and oxygen atoms in total. The smallest absolute Gasteiger partial charge is 0.306 e. The summed E-state index contributed by atoms with van der Waals surface area (Å²) in [5.74, 6) is 1.50. The second kappa shape index (κ2) is 36.5.